The van der Waals surface area contributed by atoms with E-state index in [-0.39, 0.29) is 17.7 Å². The highest BCUT2D eigenvalue weighted by Gasteiger charge is 2.13. The van der Waals surface area contributed by atoms with Gasteiger partial charge < -0.3 is 21.4 Å². The third kappa shape index (κ3) is 6.92. The Kier molecular flexibility index (Phi) is 9.46. The zero-order valence-corrected chi connectivity index (χ0v) is 10.8. The molecule has 0 spiro atoms. The molecule has 0 fully saturated rings. The molecule has 5 nitrogen and oxygen atoms in total. The van der Waals surface area contributed by atoms with Gasteiger partial charge in [0.2, 0.25) is 0 Å². The predicted molar refractivity (Wildman–Crippen MR) is 69.1 cm³/mol. The average molecular weight is 249 g/mol. The Bertz CT molecular complexity index is 199. The molecule has 0 aliphatic rings. The zero-order valence-electron chi connectivity index (χ0n) is 10.0. The van der Waals surface area contributed by atoms with Crippen molar-refractivity contribution in [2.24, 2.45) is 10.9 Å². The maximum absolute atomic E-state index is 9.08. The Labute approximate surface area is 101 Å². The monoisotopic (exact) mass is 249 g/mol. The first-order chi connectivity index (χ1) is 7.65. The molecule has 0 aliphatic carbocycles. The lowest BCUT2D eigenvalue weighted by atomic mass is 10.2. The van der Waals surface area contributed by atoms with Crippen molar-refractivity contribution in [3.63, 3.8) is 0 Å². The van der Waals surface area contributed by atoms with Crippen LogP contribution in [-0.2, 0) is 0 Å². The quantitative estimate of drug-likeness (QED) is 0.158. The summed E-state index contributed by atoms with van der Waals surface area (Å²) in [5.74, 6) is 0.283. The van der Waals surface area contributed by atoms with Gasteiger partial charge in [0.15, 0.2) is 0 Å². The molecule has 96 valence electrons. The predicted octanol–water partition coefficient (Wildman–Crippen LogP) is 0.605. The third-order valence-corrected chi connectivity index (χ3v) is 3.66. The highest BCUT2D eigenvalue weighted by Crippen LogP contribution is 2.10. The minimum absolute atomic E-state index is 0.194. The topological polar surface area (TPSA) is 90.9 Å². The Balaban J connectivity index is 3.51. The third-order valence-electron chi connectivity index (χ3n) is 2.49. The number of nitrogens with one attached hydrogen (secondary N) is 1. The molecule has 0 saturated carbocycles. The van der Waals surface area contributed by atoms with E-state index in [1.54, 1.807) is 11.8 Å². The maximum Gasteiger partial charge on any atom is 0.139 e. The zero-order chi connectivity index (χ0) is 12.4. The van der Waals surface area contributed by atoms with Crippen molar-refractivity contribution >= 4 is 17.6 Å². The van der Waals surface area contributed by atoms with E-state index >= 15 is 0 Å². The van der Waals surface area contributed by atoms with Crippen molar-refractivity contribution < 1.29 is 10.3 Å². The van der Waals surface area contributed by atoms with E-state index in [2.05, 4.69) is 17.4 Å². The van der Waals surface area contributed by atoms with Crippen LogP contribution in [0.15, 0.2) is 5.16 Å². The molecular formula is C10H23N3O2S. The fraction of sp³-hybridized carbons (Fsp3) is 0.900. The second-order valence-electron chi connectivity index (χ2n) is 3.75. The van der Waals surface area contributed by atoms with Crippen LogP contribution < -0.4 is 11.1 Å². The summed E-state index contributed by atoms with van der Waals surface area (Å²) in [6.45, 7) is 3.15. The smallest absolute Gasteiger partial charge is 0.139 e. The molecule has 0 rings (SSSR count). The molecule has 2 atom stereocenters. The van der Waals surface area contributed by atoms with Gasteiger partial charge in [-0.05, 0) is 32.6 Å². The van der Waals surface area contributed by atoms with E-state index in [1.165, 1.54) is 0 Å². The van der Waals surface area contributed by atoms with Gasteiger partial charge in [0.25, 0.3) is 0 Å². The van der Waals surface area contributed by atoms with Crippen LogP contribution >= 0.6 is 11.8 Å². The van der Waals surface area contributed by atoms with Gasteiger partial charge in [-0.15, -0.1) is 0 Å². The van der Waals surface area contributed by atoms with Gasteiger partial charge in [-0.2, -0.15) is 11.8 Å². The van der Waals surface area contributed by atoms with E-state index < -0.39 is 0 Å². The second-order valence-corrected chi connectivity index (χ2v) is 4.82. The lowest BCUT2D eigenvalue weighted by Crippen LogP contribution is -2.38. The van der Waals surface area contributed by atoms with Crippen LogP contribution in [0.4, 0.5) is 0 Å². The summed E-state index contributed by atoms with van der Waals surface area (Å²) in [7, 11) is 0. The molecule has 0 bridgehead atoms. The molecule has 0 amide bonds. The number of hydrogen-bond acceptors (Lipinski definition) is 5. The van der Waals surface area contributed by atoms with Crippen molar-refractivity contribution in [3.8, 4) is 0 Å². The number of nitrogens with zero attached hydrogens (tertiary/aromatic N) is 1. The van der Waals surface area contributed by atoms with E-state index in [9.17, 15) is 0 Å². The van der Waals surface area contributed by atoms with Crippen LogP contribution in [0.1, 0.15) is 26.2 Å². The molecule has 16 heavy (non-hydrogen) atoms. The number of aliphatic hydroxyl groups is 1. The molecule has 0 saturated heterocycles. The van der Waals surface area contributed by atoms with E-state index in [0.717, 1.165) is 19.4 Å². The van der Waals surface area contributed by atoms with Gasteiger partial charge in [-0.1, -0.05) is 5.16 Å². The van der Waals surface area contributed by atoms with Gasteiger partial charge >= 0.3 is 0 Å². The molecule has 2 unspecified atom stereocenters. The van der Waals surface area contributed by atoms with Gasteiger partial charge in [-0.3, -0.25) is 0 Å². The number of oxime groups is 1. The first-order valence-electron chi connectivity index (χ1n) is 5.49. The van der Waals surface area contributed by atoms with Crippen molar-refractivity contribution in [1.29, 1.82) is 0 Å². The summed E-state index contributed by atoms with van der Waals surface area (Å²) in [6, 6.07) is 0.295. The van der Waals surface area contributed by atoms with Crippen LogP contribution in [0, 0.1) is 0 Å². The number of thioether (sulfide) groups is 1. The molecular weight excluding hydrogens is 226 g/mol. The lowest BCUT2D eigenvalue weighted by Gasteiger charge is -2.21. The van der Waals surface area contributed by atoms with E-state index in [4.69, 9.17) is 16.0 Å². The number of unbranched alkanes of at least 4 members (excludes halogenated alkanes) is 1. The number of aliphatic hydroxyl groups excluding tert-OH is 1. The van der Waals surface area contributed by atoms with Gasteiger partial charge in [-0.25, -0.2) is 0 Å². The Morgan fingerprint density at radius 1 is 1.50 bits per heavy atom. The van der Waals surface area contributed by atoms with Crippen LogP contribution in [0.2, 0.25) is 0 Å². The molecule has 5 N–H and O–H groups in total. The second kappa shape index (κ2) is 9.74. The fourth-order valence-electron chi connectivity index (χ4n) is 1.38. The molecule has 0 aromatic carbocycles. The SMILES string of the molecule is CSC(CO)C(C)NCCCCC(N)=NO. The van der Waals surface area contributed by atoms with E-state index in [1.807, 2.05) is 6.26 Å². The maximum atomic E-state index is 9.08. The highest BCUT2D eigenvalue weighted by atomic mass is 32.2. The van der Waals surface area contributed by atoms with Gasteiger partial charge in [0.05, 0.1) is 6.61 Å². The average Bonchev–Trinajstić information content (AvgIpc) is 2.29. The summed E-state index contributed by atoms with van der Waals surface area (Å²) in [6.07, 6.45) is 4.50. The van der Waals surface area contributed by atoms with Crippen molar-refractivity contribution in [2.75, 3.05) is 19.4 Å². The number of hydrogen-bond donors (Lipinski definition) is 4. The fourth-order valence-corrected chi connectivity index (χ4v) is 2.03. The Morgan fingerprint density at radius 3 is 2.69 bits per heavy atom. The van der Waals surface area contributed by atoms with Crippen LogP contribution in [-0.4, -0.2) is 46.8 Å². The van der Waals surface area contributed by atoms with Crippen LogP contribution in [0.5, 0.6) is 0 Å². The minimum atomic E-state index is 0.194. The molecule has 0 heterocycles. The molecule has 6 heteroatoms. The first kappa shape index (κ1) is 15.5. The molecule has 0 aromatic rings. The van der Waals surface area contributed by atoms with Crippen LogP contribution in [0.25, 0.3) is 0 Å². The summed E-state index contributed by atoms with van der Waals surface area (Å²) in [5, 5.41) is 23.9. The lowest BCUT2D eigenvalue weighted by molar-refractivity contribution is 0.276. The summed E-state index contributed by atoms with van der Waals surface area (Å²) >= 11 is 1.67. The molecule has 0 aliphatic heterocycles. The summed E-state index contributed by atoms with van der Waals surface area (Å²) < 4.78 is 0. The largest absolute Gasteiger partial charge is 0.409 e. The summed E-state index contributed by atoms with van der Waals surface area (Å²) in [4.78, 5) is 0. The van der Waals surface area contributed by atoms with Gasteiger partial charge in [0, 0.05) is 17.7 Å². The first-order valence-corrected chi connectivity index (χ1v) is 6.78. The van der Waals surface area contributed by atoms with Crippen molar-refractivity contribution in [3.05, 3.63) is 0 Å². The van der Waals surface area contributed by atoms with Crippen molar-refractivity contribution in [1.82, 2.24) is 5.32 Å². The van der Waals surface area contributed by atoms with Gasteiger partial charge in [0.1, 0.15) is 5.84 Å². The molecule has 0 radical (unpaired) electrons. The number of amidine groups is 1. The van der Waals surface area contributed by atoms with E-state index in [0.29, 0.717) is 12.5 Å². The minimum Gasteiger partial charge on any atom is -0.409 e. The van der Waals surface area contributed by atoms with Crippen LogP contribution in [0.3, 0.4) is 0 Å². The summed E-state index contributed by atoms with van der Waals surface area (Å²) in [5.41, 5.74) is 5.35. The Morgan fingerprint density at radius 2 is 2.19 bits per heavy atom. The number of nitrogens with two attached hydrogens (primary N) is 1. The number of rotatable bonds is 9. The normalized spacial score (nSPS) is 16.1. The molecule has 0 aromatic heterocycles. The van der Waals surface area contributed by atoms with Crippen molar-refractivity contribution in [2.45, 2.75) is 37.5 Å². The highest BCUT2D eigenvalue weighted by molar-refractivity contribution is 7.99. The standard InChI is InChI=1S/C10H23N3O2S/c1-8(9(7-14)16-2)12-6-4-3-5-10(11)13-15/h8-9,12,14-15H,3-7H2,1-2H3,(H2,11,13). The Hall–Kier alpha value is -0.460.